The topological polar surface area (TPSA) is 40.9 Å². The zero-order valence-electron chi connectivity index (χ0n) is 12.7. The van der Waals surface area contributed by atoms with E-state index in [1.807, 2.05) is 36.4 Å². The van der Waals surface area contributed by atoms with E-state index in [1.54, 1.807) is 6.07 Å². The van der Waals surface area contributed by atoms with Crippen LogP contribution in [0.1, 0.15) is 34.3 Å². The van der Waals surface area contributed by atoms with Gasteiger partial charge in [0.2, 0.25) is 0 Å². The fourth-order valence-electron chi connectivity index (χ4n) is 3.07. The Bertz CT molecular complexity index is 832. The molecule has 0 aromatic heterocycles. The van der Waals surface area contributed by atoms with Gasteiger partial charge in [-0.1, -0.05) is 30.8 Å². The highest BCUT2D eigenvalue weighted by atomic mass is 19.1. The first-order valence-corrected chi connectivity index (χ1v) is 7.59. The molecule has 0 spiro atoms. The number of rotatable bonds is 4. The second kappa shape index (κ2) is 6.18. The quantitative estimate of drug-likeness (QED) is 0.810. The van der Waals surface area contributed by atoms with Crippen molar-refractivity contribution in [3.63, 3.8) is 0 Å². The second-order valence-corrected chi connectivity index (χ2v) is 5.89. The van der Waals surface area contributed by atoms with Crippen molar-refractivity contribution in [3.8, 4) is 17.2 Å². The molecule has 0 heterocycles. The van der Waals surface area contributed by atoms with Gasteiger partial charge in [-0.15, -0.1) is 0 Å². The molecule has 1 aliphatic carbocycles. The summed E-state index contributed by atoms with van der Waals surface area (Å²) in [6, 6.07) is 15.3. The molecule has 0 fully saturated rings. The lowest BCUT2D eigenvalue weighted by atomic mass is 9.98. The van der Waals surface area contributed by atoms with Gasteiger partial charge in [-0.2, -0.15) is 5.26 Å². The van der Waals surface area contributed by atoms with E-state index in [2.05, 4.69) is 12.6 Å². The summed E-state index contributed by atoms with van der Waals surface area (Å²) in [5.74, 6) is -0.444. The summed E-state index contributed by atoms with van der Waals surface area (Å²) in [5, 5.41) is 9.00. The van der Waals surface area contributed by atoms with E-state index in [4.69, 9.17) is 5.26 Å². The van der Waals surface area contributed by atoms with Crippen LogP contribution >= 0.6 is 0 Å². The number of Topliss-reactive ketones (excluding diaryl/α,β-unsaturated/α-hetero) is 1. The zero-order valence-corrected chi connectivity index (χ0v) is 12.7. The van der Waals surface area contributed by atoms with Crippen molar-refractivity contribution in [2.75, 3.05) is 0 Å². The van der Waals surface area contributed by atoms with E-state index in [9.17, 15) is 9.18 Å². The monoisotopic (exact) mass is 305 g/mol. The lowest BCUT2D eigenvalue weighted by Crippen LogP contribution is -2.08. The fraction of sp³-hybridized carbons (Fsp3) is 0.200. The van der Waals surface area contributed by atoms with Crippen molar-refractivity contribution in [3.05, 3.63) is 71.6 Å². The number of nitrogens with zero attached hydrogens (tertiary/aromatic N) is 1. The average molecular weight is 305 g/mol. The van der Waals surface area contributed by atoms with Gasteiger partial charge < -0.3 is 0 Å². The molecule has 0 saturated heterocycles. The normalized spacial score (nSPS) is 16.0. The van der Waals surface area contributed by atoms with E-state index in [0.29, 0.717) is 18.4 Å². The van der Waals surface area contributed by atoms with Gasteiger partial charge in [-0.3, -0.25) is 4.79 Å². The van der Waals surface area contributed by atoms with Crippen LogP contribution in [0.5, 0.6) is 0 Å². The molecule has 0 amide bonds. The van der Waals surface area contributed by atoms with Crippen LogP contribution in [0, 0.1) is 17.2 Å². The Morgan fingerprint density at radius 2 is 2.04 bits per heavy atom. The number of ketones is 1. The Kier molecular flexibility index (Phi) is 4.08. The van der Waals surface area contributed by atoms with Crippen molar-refractivity contribution in [2.45, 2.75) is 19.3 Å². The maximum Gasteiger partial charge on any atom is 0.166 e. The first-order valence-electron chi connectivity index (χ1n) is 7.59. The Morgan fingerprint density at radius 1 is 1.26 bits per heavy atom. The van der Waals surface area contributed by atoms with Gasteiger partial charge in [0.05, 0.1) is 17.5 Å². The molecule has 1 atom stereocenters. The number of hydrogen-bond acceptors (Lipinski definition) is 2. The number of hydrogen-bond donors (Lipinski definition) is 0. The van der Waals surface area contributed by atoms with E-state index in [-0.39, 0.29) is 23.9 Å². The molecule has 0 bridgehead atoms. The predicted molar refractivity (Wildman–Crippen MR) is 87.6 cm³/mol. The Labute approximate surface area is 134 Å². The van der Waals surface area contributed by atoms with Crippen LogP contribution in [-0.2, 0) is 6.42 Å². The molecule has 23 heavy (non-hydrogen) atoms. The van der Waals surface area contributed by atoms with Crippen molar-refractivity contribution < 1.29 is 9.18 Å². The molecule has 0 saturated carbocycles. The van der Waals surface area contributed by atoms with Gasteiger partial charge in [0.15, 0.2) is 5.78 Å². The number of halogens is 1. The summed E-state index contributed by atoms with van der Waals surface area (Å²) in [6.07, 6.45) is 1.41. The number of benzene rings is 2. The van der Waals surface area contributed by atoms with Crippen LogP contribution in [-0.4, -0.2) is 5.78 Å². The van der Waals surface area contributed by atoms with Gasteiger partial charge in [-0.05, 0) is 54.2 Å². The van der Waals surface area contributed by atoms with Crippen molar-refractivity contribution in [2.24, 2.45) is 5.92 Å². The number of carbonyl (C=O) groups excluding carboxylic acids is 1. The summed E-state index contributed by atoms with van der Waals surface area (Å²) in [5.41, 5.74) is 4.17. The maximum atomic E-state index is 12.8. The third-order valence-electron chi connectivity index (χ3n) is 4.30. The standard InChI is InChI=1S/C20H16FNO/c1-13(21)5-6-18-10-17-8-7-16(11-19(17)20(18)23)15-4-2-3-14(9-15)12-22/h2-4,7-9,11,18H,1,5-6,10H2. The van der Waals surface area contributed by atoms with Crippen LogP contribution in [0.25, 0.3) is 11.1 Å². The van der Waals surface area contributed by atoms with Crippen LogP contribution < -0.4 is 0 Å². The Morgan fingerprint density at radius 3 is 2.78 bits per heavy atom. The molecular weight excluding hydrogens is 289 g/mol. The lowest BCUT2D eigenvalue weighted by molar-refractivity contribution is 0.0930. The highest BCUT2D eigenvalue weighted by Gasteiger charge is 2.30. The number of nitriles is 1. The third kappa shape index (κ3) is 3.07. The SMILES string of the molecule is C=C(F)CCC1Cc2ccc(-c3cccc(C#N)c3)cc2C1=O. The Balaban J connectivity index is 1.89. The van der Waals surface area contributed by atoms with Gasteiger partial charge in [0, 0.05) is 11.5 Å². The maximum absolute atomic E-state index is 12.8. The van der Waals surface area contributed by atoms with E-state index in [0.717, 1.165) is 22.3 Å². The third-order valence-corrected chi connectivity index (χ3v) is 4.30. The molecule has 114 valence electrons. The number of fused-ring (bicyclic) bond motifs is 1. The van der Waals surface area contributed by atoms with Crippen molar-refractivity contribution >= 4 is 5.78 Å². The molecule has 2 nitrogen and oxygen atoms in total. The molecule has 3 rings (SSSR count). The van der Waals surface area contributed by atoms with Crippen molar-refractivity contribution in [1.29, 1.82) is 5.26 Å². The summed E-state index contributed by atoms with van der Waals surface area (Å²) < 4.78 is 12.8. The smallest absolute Gasteiger partial charge is 0.166 e. The van der Waals surface area contributed by atoms with Crippen LogP contribution in [0.2, 0.25) is 0 Å². The fourth-order valence-corrected chi connectivity index (χ4v) is 3.07. The largest absolute Gasteiger partial charge is 0.294 e. The first kappa shape index (κ1) is 15.2. The van der Waals surface area contributed by atoms with Gasteiger partial charge in [0.25, 0.3) is 0 Å². The van der Waals surface area contributed by atoms with Crippen LogP contribution in [0.4, 0.5) is 4.39 Å². The van der Waals surface area contributed by atoms with Crippen molar-refractivity contribution in [1.82, 2.24) is 0 Å². The zero-order chi connectivity index (χ0) is 16.4. The Hall–Kier alpha value is -2.73. The molecule has 0 radical (unpaired) electrons. The molecular formula is C20H16FNO. The number of carbonyl (C=O) groups is 1. The van der Waals surface area contributed by atoms with Crippen LogP contribution in [0.15, 0.2) is 54.9 Å². The summed E-state index contributed by atoms with van der Waals surface area (Å²) in [7, 11) is 0. The molecule has 0 N–H and O–H groups in total. The first-order chi connectivity index (χ1) is 11.1. The predicted octanol–water partition coefficient (Wildman–Crippen LogP) is 4.84. The molecule has 0 aliphatic heterocycles. The molecule has 2 aromatic carbocycles. The lowest BCUT2D eigenvalue weighted by Gasteiger charge is -2.06. The number of allylic oxidation sites excluding steroid dienone is 1. The van der Waals surface area contributed by atoms with Gasteiger partial charge in [-0.25, -0.2) is 4.39 Å². The summed E-state index contributed by atoms with van der Waals surface area (Å²) in [6.45, 7) is 3.26. The van der Waals surface area contributed by atoms with E-state index >= 15 is 0 Å². The van der Waals surface area contributed by atoms with E-state index in [1.165, 1.54) is 0 Å². The molecule has 1 aliphatic rings. The van der Waals surface area contributed by atoms with Gasteiger partial charge >= 0.3 is 0 Å². The molecule has 3 heteroatoms. The average Bonchev–Trinajstić information content (AvgIpc) is 2.88. The minimum Gasteiger partial charge on any atom is -0.294 e. The highest BCUT2D eigenvalue weighted by molar-refractivity contribution is 6.03. The van der Waals surface area contributed by atoms with Crippen LogP contribution in [0.3, 0.4) is 0 Å². The van der Waals surface area contributed by atoms with E-state index < -0.39 is 0 Å². The second-order valence-electron chi connectivity index (χ2n) is 5.89. The highest BCUT2D eigenvalue weighted by Crippen LogP contribution is 2.33. The molecule has 1 unspecified atom stereocenters. The van der Waals surface area contributed by atoms with Gasteiger partial charge in [0.1, 0.15) is 0 Å². The molecule has 2 aromatic rings. The minimum atomic E-state index is -0.372. The minimum absolute atomic E-state index is 0.0829. The summed E-state index contributed by atoms with van der Waals surface area (Å²) >= 11 is 0. The summed E-state index contributed by atoms with van der Waals surface area (Å²) in [4.78, 5) is 12.5.